The minimum atomic E-state index is -4.09. The molecule has 3 rings (SSSR count). The van der Waals surface area contributed by atoms with Gasteiger partial charge in [0.2, 0.25) is 0 Å². The molecular formula is C23H22N4O7S. The minimum absolute atomic E-state index is 0.0411. The van der Waals surface area contributed by atoms with E-state index in [1.807, 2.05) is 13.0 Å². The molecule has 3 aromatic rings. The standard InChI is InChI=1S/C23H22N4O7S/c1-15-7-9-19(16(2)11-15)26-35(32,33)18-8-10-20(21(12-18)27(30)31)25-24-13-17-5-3-4-6-22(17)34-14-23(28)29/h3-13,25-26H,14H2,1-2H3,(H,28,29)/b24-13-. The first-order valence-corrected chi connectivity index (χ1v) is 11.7. The Morgan fingerprint density at radius 1 is 1.11 bits per heavy atom. The number of hydrogen-bond donors (Lipinski definition) is 3. The van der Waals surface area contributed by atoms with Gasteiger partial charge in [-0.15, -0.1) is 0 Å². The molecule has 182 valence electrons. The summed E-state index contributed by atoms with van der Waals surface area (Å²) in [5, 5.41) is 24.3. The summed E-state index contributed by atoms with van der Waals surface area (Å²) in [7, 11) is -4.09. The van der Waals surface area contributed by atoms with Gasteiger partial charge in [-0.25, -0.2) is 13.2 Å². The van der Waals surface area contributed by atoms with Crippen LogP contribution < -0.4 is 14.9 Å². The average Bonchev–Trinajstić information content (AvgIpc) is 2.80. The summed E-state index contributed by atoms with van der Waals surface area (Å²) in [5.41, 5.74) is 4.46. The number of benzene rings is 3. The Morgan fingerprint density at radius 3 is 2.51 bits per heavy atom. The predicted octanol–water partition coefficient (Wildman–Crippen LogP) is 3.92. The van der Waals surface area contributed by atoms with E-state index in [2.05, 4.69) is 15.2 Å². The van der Waals surface area contributed by atoms with Crippen molar-refractivity contribution >= 4 is 39.3 Å². The van der Waals surface area contributed by atoms with Gasteiger partial charge < -0.3 is 9.84 Å². The maximum Gasteiger partial charge on any atom is 0.341 e. The summed E-state index contributed by atoms with van der Waals surface area (Å²) >= 11 is 0. The number of nitrogens with zero attached hydrogens (tertiary/aromatic N) is 2. The van der Waals surface area contributed by atoms with Crippen LogP contribution in [0, 0.1) is 24.0 Å². The van der Waals surface area contributed by atoms with Crippen molar-refractivity contribution in [3.63, 3.8) is 0 Å². The average molecular weight is 499 g/mol. The summed E-state index contributed by atoms with van der Waals surface area (Å²) in [6.45, 7) is 3.09. The largest absolute Gasteiger partial charge is 0.481 e. The lowest BCUT2D eigenvalue weighted by Gasteiger charge is -2.12. The number of nitrogens with one attached hydrogen (secondary N) is 2. The molecule has 0 saturated heterocycles. The molecule has 35 heavy (non-hydrogen) atoms. The number of rotatable bonds is 10. The van der Waals surface area contributed by atoms with E-state index in [1.54, 1.807) is 43.3 Å². The molecule has 0 fully saturated rings. The van der Waals surface area contributed by atoms with Crippen LogP contribution in [0.4, 0.5) is 17.1 Å². The van der Waals surface area contributed by atoms with Crippen molar-refractivity contribution in [2.24, 2.45) is 5.10 Å². The molecule has 0 radical (unpaired) electrons. The van der Waals surface area contributed by atoms with E-state index in [-0.39, 0.29) is 16.3 Å². The van der Waals surface area contributed by atoms with E-state index >= 15 is 0 Å². The van der Waals surface area contributed by atoms with Crippen molar-refractivity contribution in [1.29, 1.82) is 0 Å². The molecule has 0 aliphatic carbocycles. The fourth-order valence-electron chi connectivity index (χ4n) is 3.09. The van der Waals surface area contributed by atoms with Gasteiger partial charge in [0.25, 0.3) is 15.7 Å². The maximum atomic E-state index is 12.8. The van der Waals surface area contributed by atoms with Crippen molar-refractivity contribution < 1.29 is 28.0 Å². The van der Waals surface area contributed by atoms with Crippen LogP contribution in [0.2, 0.25) is 0 Å². The number of anilines is 2. The topological polar surface area (TPSA) is 160 Å². The fraction of sp³-hybridized carbons (Fsp3) is 0.130. The molecule has 0 aliphatic rings. The Kier molecular flexibility index (Phi) is 7.66. The molecule has 0 amide bonds. The van der Waals surface area contributed by atoms with Crippen LogP contribution in [-0.4, -0.2) is 37.2 Å². The SMILES string of the molecule is Cc1ccc(NS(=O)(=O)c2ccc(N/N=C\c3ccccc3OCC(=O)O)c([N+](=O)[O-])c2)c(C)c1. The third kappa shape index (κ3) is 6.54. The quantitative estimate of drug-likeness (QED) is 0.215. The number of sulfonamides is 1. The number of nitro groups is 1. The number of hydrazone groups is 1. The van der Waals surface area contributed by atoms with Crippen molar-refractivity contribution in [3.8, 4) is 5.75 Å². The van der Waals surface area contributed by atoms with E-state index in [0.29, 0.717) is 16.8 Å². The van der Waals surface area contributed by atoms with Gasteiger partial charge in [0.1, 0.15) is 11.4 Å². The number of carboxylic acids is 1. The highest BCUT2D eigenvalue weighted by Gasteiger charge is 2.22. The van der Waals surface area contributed by atoms with Gasteiger partial charge in [-0.05, 0) is 49.7 Å². The van der Waals surface area contributed by atoms with Crippen LogP contribution in [0.3, 0.4) is 0 Å². The van der Waals surface area contributed by atoms with Gasteiger partial charge >= 0.3 is 5.97 Å². The second-order valence-corrected chi connectivity index (χ2v) is 9.13. The van der Waals surface area contributed by atoms with Crippen LogP contribution in [0.5, 0.6) is 5.75 Å². The molecule has 0 atom stereocenters. The number of aryl methyl sites for hydroxylation is 2. The third-order valence-electron chi connectivity index (χ3n) is 4.76. The van der Waals surface area contributed by atoms with Gasteiger partial charge in [0.15, 0.2) is 6.61 Å². The molecule has 0 aromatic heterocycles. The normalized spacial score (nSPS) is 11.3. The smallest absolute Gasteiger partial charge is 0.341 e. The van der Waals surface area contributed by atoms with Crippen molar-refractivity contribution in [2.75, 3.05) is 16.8 Å². The van der Waals surface area contributed by atoms with Gasteiger partial charge in [0, 0.05) is 11.6 Å². The van der Waals surface area contributed by atoms with Crippen molar-refractivity contribution in [2.45, 2.75) is 18.7 Å². The minimum Gasteiger partial charge on any atom is -0.481 e. The van der Waals surface area contributed by atoms with E-state index in [0.717, 1.165) is 11.6 Å². The molecule has 0 heterocycles. The number of nitro benzene ring substituents is 1. The molecule has 0 saturated carbocycles. The number of carbonyl (C=O) groups is 1. The lowest BCUT2D eigenvalue weighted by molar-refractivity contribution is -0.384. The number of hydrogen-bond acceptors (Lipinski definition) is 8. The number of ether oxygens (including phenoxy) is 1. The number of carboxylic acid groups (broad SMARTS) is 1. The second-order valence-electron chi connectivity index (χ2n) is 7.45. The lowest BCUT2D eigenvalue weighted by atomic mass is 10.1. The van der Waals surface area contributed by atoms with Crippen LogP contribution in [0.25, 0.3) is 0 Å². The highest BCUT2D eigenvalue weighted by molar-refractivity contribution is 7.92. The van der Waals surface area contributed by atoms with E-state index in [4.69, 9.17) is 9.84 Å². The number of aliphatic carboxylic acids is 1. The summed E-state index contributed by atoms with van der Waals surface area (Å²) in [6, 6.07) is 15.1. The summed E-state index contributed by atoms with van der Waals surface area (Å²) in [4.78, 5) is 21.3. The molecule has 0 aliphatic heterocycles. The zero-order valence-electron chi connectivity index (χ0n) is 18.8. The van der Waals surface area contributed by atoms with Gasteiger partial charge in [-0.2, -0.15) is 5.10 Å². The highest BCUT2D eigenvalue weighted by Crippen LogP contribution is 2.29. The molecule has 0 spiro atoms. The Morgan fingerprint density at radius 2 is 1.83 bits per heavy atom. The van der Waals surface area contributed by atoms with Crippen molar-refractivity contribution in [1.82, 2.24) is 0 Å². The Balaban J connectivity index is 1.83. The van der Waals surface area contributed by atoms with Crippen LogP contribution in [0.15, 0.2) is 70.7 Å². The summed E-state index contributed by atoms with van der Waals surface area (Å²) in [6.07, 6.45) is 1.30. The zero-order chi connectivity index (χ0) is 25.6. The first-order chi connectivity index (χ1) is 16.6. The van der Waals surface area contributed by atoms with Crippen molar-refractivity contribution in [3.05, 3.63) is 87.5 Å². The molecule has 0 bridgehead atoms. The van der Waals surface area contributed by atoms with Crippen LogP contribution in [0.1, 0.15) is 16.7 Å². The van der Waals surface area contributed by atoms with Crippen LogP contribution >= 0.6 is 0 Å². The maximum absolute atomic E-state index is 12.8. The molecular weight excluding hydrogens is 476 g/mol. The van der Waals surface area contributed by atoms with E-state index in [1.165, 1.54) is 18.3 Å². The lowest BCUT2D eigenvalue weighted by Crippen LogP contribution is -2.14. The Bertz CT molecular complexity index is 1400. The van der Waals surface area contributed by atoms with Gasteiger partial charge in [-0.3, -0.25) is 20.3 Å². The first-order valence-electron chi connectivity index (χ1n) is 10.2. The highest BCUT2D eigenvalue weighted by atomic mass is 32.2. The first kappa shape index (κ1) is 25.2. The number of para-hydroxylation sites is 1. The Hall–Kier alpha value is -4.45. The zero-order valence-corrected chi connectivity index (χ0v) is 19.6. The van der Waals surface area contributed by atoms with E-state index < -0.39 is 33.2 Å². The third-order valence-corrected chi connectivity index (χ3v) is 6.12. The van der Waals surface area contributed by atoms with E-state index in [9.17, 15) is 23.3 Å². The predicted molar refractivity (Wildman–Crippen MR) is 131 cm³/mol. The summed E-state index contributed by atoms with van der Waals surface area (Å²) in [5.74, 6) is -0.888. The fourth-order valence-corrected chi connectivity index (χ4v) is 4.24. The molecule has 0 unspecified atom stereocenters. The van der Waals surface area contributed by atoms with Gasteiger partial charge in [-0.1, -0.05) is 29.8 Å². The molecule has 3 aromatic carbocycles. The summed E-state index contributed by atoms with van der Waals surface area (Å²) < 4.78 is 33.3. The molecule has 12 heteroatoms. The Labute approximate surface area is 201 Å². The van der Waals surface area contributed by atoms with Crippen LogP contribution in [-0.2, 0) is 14.8 Å². The molecule has 11 nitrogen and oxygen atoms in total. The van der Waals surface area contributed by atoms with Gasteiger partial charge in [0.05, 0.1) is 21.7 Å². The monoisotopic (exact) mass is 498 g/mol. The molecule has 3 N–H and O–H groups in total. The second kappa shape index (κ2) is 10.7.